The highest BCUT2D eigenvalue weighted by molar-refractivity contribution is 9.10. The van der Waals surface area contributed by atoms with Crippen LogP contribution in [-0.4, -0.2) is 33.3 Å². The van der Waals surface area contributed by atoms with Gasteiger partial charge in [0.1, 0.15) is 6.26 Å². The number of nitriles is 1. The Morgan fingerprint density at radius 2 is 2.23 bits per heavy atom. The molecule has 0 N–H and O–H groups in total. The van der Waals surface area contributed by atoms with E-state index < -0.39 is 0 Å². The molecule has 1 amide bonds. The molecule has 1 fully saturated rings. The minimum atomic E-state index is -0.314. The Hall–Kier alpha value is -2.11. The van der Waals surface area contributed by atoms with Gasteiger partial charge in [-0.15, -0.1) is 4.99 Å². The third-order valence-corrected chi connectivity index (χ3v) is 4.47. The van der Waals surface area contributed by atoms with Crippen molar-refractivity contribution in [1.82, 2.24) is 9.88 Å². The lowest BCUT2D eigenvalue weighted by Gasteiger charge is -2.12. The number of oxazole rings is 1. The van der Waals surface area contributed by atoms with Crippen LogP contribution in [0.3, 0.4) is 0 Å². The van der Waals surface area contributed by atoms with Crippen LogP contribution in [0, 0.1) is 11.5 Å². The van der Waals surface area contributed by atoms with E-state index in [0.717, 1.165) is 10.0 Å². The zero-order valence-electron chi connectivity index (χ0n) is 11.2. The van der Waals surface area contributed by atoms with Gasteiger partial charge in [-0.1, -0.05) is 27.7 Å². The average Bonchev–Trinajstić information content (AvgIpc) is 3.17. The number of hydrogen-bond acceptors (Lipinski definition) is 6. The molecule has 110 valence electrons. The van der Waals surface area contributed by atoms with Crippen molar-refractivity contribution in [1.29, 1.82) is 5.26 Å². The van der Waals surface area contributed by atoms with E-state index >= 15 is 0 Å². The van der Waals surface area contributed by atoms with Gasteiger partial charge in [0.15, 0.2) is 10.9 Å². The third kappa shape index (κ3) is 2.91. The first kappa shape index (κ1) is 14.8. The fourth-order valence-electron chi connectivity index (χ4n) is 1.96. The summed E-state index contributed by atoms with van der Waals surface area (Å²) in [5.74, 6) is 0.775. The normalized spacial score (nSPS) is 16.0. The number of carbonyl (C=O) groups is 1. The lowest BCUT2D eigenvalue weighted by Crippen LogP contribution is -2.31. The first-order chi connectivity index (χ1) is 10.7. The van der Waals surface area contributed by atoms with Gasteiger partial charge in [-0.25, -0.2) is 4.98 Å². The van der Waals surface area contributed by atoms with Gasteiger partial charge in [0.25, 0.3) is 5.91 Å². The number of thioether (sulfide) groups is 1. The van der Waals surface area contributed by atoms with Crippen molar-refractivity contribution in [3.63, 3.8) is 0 Å². The maximum absolute atomic E-state index is 12.4. The van der Waals surface area contributed by atoms with E-state index in [4.69, 9.17) is 9.68 Å². The lowest BCUT2D eigenvalue weighted by molar-refractivity contribution is 0.0854. The van der Waals surface area contributed by atoms with Crippen molar-refractivity contribution in [2.75, 3.05) is 12.3 Å². The molecule has 8 heteroatoms. The number of aromatic nitrogens is 1. The molecule has 0 bridgehead atoms. The Morgan fingerprint density at radius 1 is 1.45 bits per heavy atom. The molecule has 0 saturated carbocycles. The largest absolute Gasteiger partial charge is 0.444 e. The Balaban J connectivity index is 1.84. The average molecular weight is 377 g/mol. The zero-order valence-corrected chi connectivity index (χ0v) is 13.6. The molecule has 1 aliphatic heterocycles. The van der Waals surface area contributed by atoms with Crippen LogP contribution in [0.5, 0.6) is 0 Å². The van der Waals surface area contributed by atoms with E-state index in [-0.39, 0.29) is 11.6 Å². The van der Waals surface area contributed by atoms with Crippen molar-refractivity contribution in [2.24, 2.45) is 4.99 Å². The Morgan fingerprint density at radius 3 is 2.95 bits per heavy atom. The Kier molecular flexibility index (Phi) is 4.27. The second-order valence-corrected chi connectivity index (χ2v) is 6.32. The summed E-state index contributed by atoms with van der Waals surface area (Å²) >= 11 is 4.73. The second kappa shape index (κ2) is 6.34. The van der Waals surface area contributed by atoms with E-state index in [9.17, 15) is 4.79 Å². The molecular formula is C14H9BrN4O2S. The molecule has 22 heavy (non-hydrogen) atoms. The van der Waals surface area contributed by atoms with Gasteiger partial charge in [-0.05, 0) is 24.3 Å². The topological polar surface area (TPSA) is 82.5 Å². The van der Waals surface area contributed by atoms with E-state index in [0.29, 0.717) is 23.4 Å². The number of amidine groups is 1. The summed E-state index contributed by atoms with van der Waals surface area (Å²) < 4.78 is 6.33. The highest BCUT2D eigenvalue weighted by Gasteiger charge is 2.29. The fourth-order valence-corrected chi connectivity index (χ4v) is 3.12. The highest BCUT2D eigenvalue weighted by atomic mass is 79.9. The molecule has 2 aromatic rings. The molecule has 0 spiro atoms. The van der Waals surface area contributed by atoms with Crippen LogP contribution in [0.2, 0.25) is 0 Å². The van der Waals surface area contributed by atoms with E-state index in [1.807, 2.05) is 24.3 Å². The van der Waals surface area contributed by atoms with Gasteiger partial charge in [0.2, 0.25) is 12.1 Å². The van der Waals surface area contributed by atoms with Crippen LogP contribution in [0.4, 0.5) is 0 Å². The minimum absolute atomic E-state index is 0.200. The van der Waals surface area contributed by atoms with Crippen molar-refractivity contribution in [3.8, 4) is 17.6 Å². The van der Waals surface area contributed by atoms with Crippen LogP contribution >= 0.6 is 27.7 Å². The van der Waals surface area contributed by atoms with Crippen molar-refractivity contribution >= 4 is 38.8 Å². The molecule has 1 saturated heterocycles. The molecule has 0 unspecified atom stereocenters. The van der Waals surface area contributed by atoms with Gasteiger partial charge >= 0.3 is 0 Å². The molecule has 1 aromatic heterocycles. The number of halogens is 1. The maximum atomic E-state index is 12.4. The monoisotopic (exact) mass is 376 g/mol. The number of amides is 1. The van der Waals surface area contributed by atoms with Gasteiger partial charge < -0.3 is 4.42 Å². The summed E-state index contributed by atoms with van der Waals surface area (Å²) in [5, 5.41) is 9.05. The molecule has 0 atom stereocenters. The summed E-state index contributed by atoms with van der Waals surface area (Å²) in [5.41, 5.74) is 0.982. The third-order valence-electron chi connectivity index (χ3n) is 2.98. The molecule has 3 rings (SSSR count). The molecule has 0 radical (unpaired) electrons. The van der Waals surface area contributed by atoms with Crippen LogP contribution in [0.15, 0.2) is 44.4 Å². The number of aliphatic imine (C=N–C) groups is 1. The molecule has 1 aromatic carbocycles. The maximum Gasteiger partial charge on any atom is 0.281 e. The van der Waals surface area contributed by atoms with Crippen molar-refractivity contribution < 1.29 is 9.21 Å². The fraction of sp³-hybridized carbons (Fsp3) is 0.143. The number of rotatable bonds is 2. The first-order valence-electron chi connectivity index (χ1n) is 6.32. The molecule has 6 nitrogen and oxygen atoms in total. The number of hydrogen-bond donors (Lipinski definition) is 0. The highest BCUT2D eigenvalue weighted by Crippen LogP contribution is 2.24. The van der Waals surface area contributed by atoms with Gasteiger partial charge in [-0.3, -0.25) is 9.69 Å². The Bertz CT molecular complexity index is 779. The SMILES string of the molecule is N#CN=C1SCCN1C(=O)c1coc(-c2ccc(Br)cc2)n1. The smallest absolute Gasteiger partial charge is 0.281 e. The molecule has 0 aliphatic carbocycles. The number of nitrogens with zero attached hydrogens (tertiary/aromatic N) is 4. The van der Waals surface area contributed by atoms with Crippen LogP contribution in [0.1, 0.15) is 10.5 Å². The Labute approximate surface area is 139 Å². The summed E-state index contributed by atoms with van der Waals surface area (Å²) in [4.78, 5) is 21.7. The predicted molar refractivity (Wildman–Crippen MR) is 86.2 cm³/mol. The van der Waals surface area contributed by atoms with Gasteiger partial charge in [-0.2, -0.15) is 5.26 Å². The summed E-state index contributed by atoms with van der Waals surface area (Å²) in [6.07, 6.45) is 3.03. The van der Waals surface area contributed by atoms with E-state index in [1.54, 1.807) is 6.19 Å². The van der Waals surface area contributed by atoms with Crippen molar-refractivity contribution in [3.05, 3.63) is 40.7 Å². The van der Waals surface area contributed by atoms with Crippen LogP contribution in [0.25, 0.3) is 11.5 Å². The lowest BCUT2D eigenvalue weighted by atomic mass is 10.2. The summed E-state index contributed by atoms with van der Waals surface area (Å²) in [7, 11) is 0. The number of carbonyl (C=O) groups excluding carboxylic acids is 1. The zero-order chi connectivity index (χ0) is 15.5. The minimum Gasteiger partial charge on any atom is -0.444 e. The molecular weight excluding hydrogens is 368 g/mol. The van der Waals surface area contributed by atoms with E-state index in [2.05, 4.69) is 25.9 Å². The molecule has 1 aliphatic rings. The summed E-state index contributed by atoms with van der Waals surface area (Å²) in [6.45, 7) is 0.504. The van der Waals surface area contributed by atoms with Crippen molar-refractivity contribution in [2.45, 2.75) is 0 Å². The standard InChI is InChI=1S/C14H9BrN4O2S/c15-10-3-1-9(2-4-10)12-18-11(7-21-12)13(20)19-5-6-22-14(19)17-8-16/h1-4,7H,5-6H2. The van der Waals surface area contributed by atoms with Crippen LogP contribution in [-0.2, 0) is 0 Å². The van der Waals surface area contributed by atoms with Crippen LogP contribution < -0.4 is 0 Å². The van der Waals surface area contributed by atoms with Gasteiger partial charge in [0, 0.05) is 22.3 Å². The van der Waals surface area contributed by atoms with Gasteiger partial charge in [0.05, 0.1) is 0 Å². The summed E-state index contributed by atoms with van der Waals surface area (Å²) in [6, 6.07) is 7.43. The number of benzene rings is 1. The quantitative estimate of drug-likeness (QED) is 0.751. The second-order valence-electron chi connectivity index (χ2n) is 4.34. The van der Waals surface area contributed by atoms with E-state index in [1.165, 1.54) is 22.9 Å². The molecule has 2 heterocycles. The predicted octanol–water partition coefficient (Wildman–Crippen LogP) is 3.13. The first-order valence-corrected chi connectivity index (χ1v) is 8.10.